The molecule has 2 heterocycles. The molecule has 25 heavy (non-hydrogen) atoms. The van der Waals surface area contributed by atoms with E-state index in [1.54, 1.807) is 22.6 Å². The summed E-state index contributed by atoms with van der Waals surface area (Å²) in [6.07, 6.45) is -0.480. The third kappa shape index (κ3) is 4.22. The first-order valence-corrected chi connectivity index (χ1v) is 8.49. The maximum absolute atomic E-state index is 12.7. The van der Waals surface area contributed by atoms with Crippen molar-refractivity contribution in [1.82, 2.24) is 19.7 Å². The van der Waals surface area contributed by atoms with Gasteiger partial charge >= 0.3 is 6.18 Å². The Hall–Kier alpha value is -2.29. The van der Waals surface area contributed by atoms with Crippen LogP contribution in [-0.4, -0.2) is 32.1 Å². The number of alkyl halides is 3. The largest absolute Gasteiger partial charge is 0.494 e. The lowest BCUT2D eigenvalue weighted by Crippen LogP contribution is -2.05. The Balaban J connectivity index is 1.51. The monoisotopic (exact) mass is 368 g/mol. The number of thioether (sulfide) groups is 1. The normalized spacial score (nSPS) is 11.8. The van der Waals surface area contributed by atoms with E-state index in [1.807, 2.05) is 7.05 Å². The van der Waals surface area contributed by atoms with Crippen LogP contribution in [0.4, 0.5) is 13.2 Å². The molecule has 0 N–H and O–H groups in total. The van der Waals surface area contributed by atoms with Crippen LogP contribution < -0.4 is 4.74 Å². The van der Waals surface area contributed by atoms with Crippen molar-refractivity contribution in [3.05, 3.63) is 42.4 Å². The predicted octanol–water partition coefficient (Wildman–Crippen LogP) is 3.94. The van der Waals surface area contributed by atoms with Gasteiger partial charge < -0.3 is 4.74 Å². The smallest absolute Gasteiger partial charge is 0.416 e. The van der Waals surface area contributed by atoms with E-state index in [-0.39, 0.29) is 5.75 Å². The van der Waals surface area contributed by atoms with E-state index in [2.05, 4.69) is 15.1 Å². The lowest BCUT2D eigenvalue weighted by molar-refractivity contribution is -0.137. The molecule has 2 aromatic heterocycles. The first kappa shape index (κ1) is 17.5. The highest BCUT2D eigenvalue weighted by Crippen LogP contribution is 2.31. The van der Waals surface area contributed by atoms with Gasteiger partial charge in [0.2, 0.25) is 0 Å². The fraction of sp³-hybridized carbons (Fsp3) is 0.312. The maximum Gasteiger partial charge on any atom is 0.416 e. The third-order valence-electron chi connectivity index (χ3n) is 3.45. The minimum Gasteiger partial charge on any atom is -0.494 e. The first-order chi connectivity index (χ1) is 11.9. The Morgan fingerprint density at radius 2 is 2.08 bits per heavy atom. The number of halogens is 3. The molecule has 3 aromatic rings. The van der Waals surface area contributed by atoms with Crippen molar-refractivity contribution in [2.24, 2.45) is 7.05 Å². The molecule has 9 heteroatoms. The Morgan fingerprint density at radius 1 is 1.24 bits per heavy atom. The molecule has 3 rings (SSSR count). The van der Waals surface area contributed by atoms with E-state index in [4.69, 9.17) is 4.74 Å². The van der Waals surface area contributed by atoms with E-state index in [1.165, 1.54) is 18.5 Å². The SMILES string of the molecule is Cn1ncc2c(SCCCOc3cccc(C(F)(F)F)c3)ncnc21. The maximum atomic E-state index is 12.7. The fourth-order valence-electron chi connectivity index (χ4n) is 2.24. The van der Waals surface area contributed by atoms with Crippen LogP contribution >= 0.6 is 11.8 Å². The van der Waals surface area contributed by atoms with Crippen molar-refractivity contribution in [3.8, 4) is 5.75 Å². The second kappa shape index (κ2) is 7.30. The summed E-state index contributed by atoms with van der Waals surface area (Å²) in [7, 11) is 1.81. The van der Waals surface area contributed by atoms with Gasteiger partial charge in [0.05, 0.1) is 23.8 Å². The van der Waals surface area contributed by atoms with Gasteiger partial charge in [-0.15, -0.1) is 11.8 Å². The van der Waals surface area contributed by atoms with Gasteiger partial charge in [0, 0.05) is 12.8 Å². The van der Waals surface area contributed by atoms with E-state index < -0.39 is 11.7 Å². The van der Waals surface area contributed by atoms with E-state index in [0.717, 1.165) is 33.9 Å². The molecule has 132 valence electrons. The fourth-order valence-corrected chi connectivity index (χ4v) is 3.11. The van der Waals surface area contributed by atoms with Crippen LogP contribution in [0.5, 0.6) is 5.75 Å². The molecule has 0 bridgehead atoms. The van der Waals surface area contributed by atoms with Crippen molar-refractivity contribution in [2.75, 3.05) is 12.4 Å². The predicted molar refractivity (Wildman–Crippen MR) is 88.6 cm³/mol. The van der Waals surface area contributed by atoms with E-state index in [0.29, 0.717) is 13.0 Å². The number of aromatic nitrogens is 4. The van der Waals surface area contributed by atoms with Crippen molar-refractivity contribution in [2.45, 2.75) is 17.6 Å². The summed E-state index contributed by atoms with van der Waals surface area (Å²) in [5.41, 5.74) is 0.0528. The van der Waals surface area contributed by atoms with Crippen molar-refractivity contribution in [3.63, 3.8) is 0 Å². The number of hydrogen-bond donors (Lipinski definition) is 0. The molecule has 0 aliphatic rings. The third-order valence-corrected chi connectivity index (χ3v) is 4.54. The summed E-state index contributed by atoms with van der Waals surface area (Å²) in [6, 6.07) is 4.90. The molecule has 0 saturated carbocycles. The summed E-state index contributed by atoms with van der Waals surface area (Å²) in [4.78, 5) is 8.42. The average molecular weight is 368 g/mol. The summed E-state index contributed by atoms with van der Waals surface area (Å²) >= 11 is 1.54. The molecule has 5 nitrogen and oxygen atoms in total. The van der Waals surface area contributed by atoms with Gasteiger partial charge in [0.1, 0.15) is 17.1 Å². The Kier molecular flexibility index (Phi) is 5.12. The summed E-state index contributed by atoms with van der Waals surface area (Å²) < 4.78 is 45.0. The van der Waals surface area contributed by atoms with Gasteiger partial charge in [0.25, 0.3) is 0 Å². The minimum atomic E-state index is -4.36. The average Bonchev–Trinajstić information content (AvgIpc) is 2.96. The molecule has 0 unspecified atom stereocenters. The van der Waals surface area contributed by atoms with Crippen LogP contribution in [0, 0.1) is 0 Å². The van der Waals surface area contributed by atoms with Gasteiger partial charge in [-0.2, -0.15) is 18.3 Å². The Bertz CT molecular complexity index is 866. The topological polar surface area (TPSA) is 52.8 Å². The zero-order chi connectivity index (χ0) is 17.9. The zero-order valence-electron chi connectivity index (χ0n) is 13.3. The molecule has 0 fully saturated rings. The molecular formula is C16H15F3N4OS. The van der Waals surface area contributed by atoms with Crippen molar-refractivity contribution >= 4 is 22.8 Å². The van der Waals surface area contributed by atoms with Crippen LogP contribution in [-0.2, 0) is 13.2 Å². The molecule has 0 aliphatic heterocycles. The summed E-state index contributed by atoms with van der Waals surface area (Å²) in [5.74, 6) is 0.941. The van der Waals surface area contributed by atoms with Crippen LogP contribution in [0.1, 0.15) is 12.0 Å². The van der Waals surface area contributed by atoms with Crippen LogP contribution in [0.25, 0.3) is 11.0 Å². The van der Waals surface area contributed by atoms with E-state index >= 15 is 0 Å². The minimum absolute atomic E-state index is 0.219. The number of nitrogens with zero attached hydrogens (tertiary/aromatic N) is 4. The highest BCUT2D eigenvalue weighted by atomic mass is 32.2. The van der Waals surface area contributed by atoms with Gasteiger partial charge in [-0.1, -0.05) is 6.07 Å². The lowest BCUT2D eigenvalue weighted by Gasteiger charge is -2.10. The molecule has 0 spiro atoms. The molecule has 0 atom stereocenters. The number of ether oxygens (including phenoxy) is 1. The molecule has 0 amide bonds. The second-order valence-corrected chi connectivity index (χ2v) is 6.34. The lowest BCUT2D eigenvalue weighted by atomic mass is 10.2. The van der Waals surface area contributed by atoms with Gasteiger partial charge in [-0.3, -0.25) is 4.68 Å². The highest BCUT2D eigenvalue weighted by Gasteiger charge is 2.30. The molecule has 1 aromatic carbocycles. The second-order valence-electron chi connectivity index (χ2n) is 5.26. The molecule has 0 saturated heterocycles. The van der Waals surface area contributed by atoms with Gasteiger partial charge in [0.15, 0.2) is 5.65 Å². The van der Waals surface area contributed by atoms with Crippen molar-refractivity contribution in [1.29, 1.82) is 0 Å². The number of hydrogen-bond acceptors (Lipinski definition) is 5. The standard InChI is InChI=1S/C16H15F3N4OS/c1-23-14-13(9-22-23)15(21-10-20-14)25-7-3-6-24-12-5-2-4-11(8-12)16(17,18)19/h2,4-5,8-10H,3,6-7H2,1H3. The summed E-state index contributed by atoms with van der Waals surface area (Å²) in [5, 5.41) is 5.87. The van der Waals surface area contributed by atoms with Crippen LogP contribution in [0.2, 0.25) is 0 Å². The Labute approximate surface area is 146 Å². The van der Waals surface area contributed by atoms with Gasteiger partial charge in [-0.05, 0) is 24.6 Å². The number of rotatable bonds is 6. The number of fused-ring (bicyclic) bond motifs is 1. The molecule has 0 radical (unpaired) electrons. The van der Waals surface area contributed by atoms with Crippen LogP contribution in [0.15, 0.2) is 41.8 Å². The first-order valence-electron chi connectivity index (χ1n) is 7.51. The van der Waals surface area contributed by atoms with Crippen LogP contribution in [0.3, 0.4) is 0 Å². The molecular weight excluding hydrogens is 353 g/mol. The Morgan fingerprint density at radius 3 is 2.88 bits per heavy atom. The van der Waals surface area contributed by atoms with E-state index in [9.17, 15) is 13.2 Å². The molecule has 0 aliphatic carbocycles. The van der Waals surface area contributed by atoms with Crippen molar-refractivity contribution < 1.29 is 17.9 Å². The highest BCUT2D eigenvalue weighted by molar-refractivity contribution is 7.99. The number of aryl methyl sites for hydroxylation is 1. The zero-order valence-corrected chi connectivity index (χ0v) is 14.1. The summed E-state index contributed by atoms with van der Waals surface area (Å²) in [6.45, 7) is 0.329. The number of benzene rings is 1. The van der Waals surface area contributed by atoms with Gasteiger partial charge in [-0.25, -0.2) is 9.97 Å². The quantitative estimate of drug-likeness (QED) is 0.375.